The lowest BCUT2D eigenvalue weighted by Gasteiger charge is -2.35. The first-order chi connectivity index (χ1) is 28.9. The van der Waals surface area contributed by atoms with Gasteiger partial charge >= 0.3 is 11.8 Å². The van der Waals surface area contributed by atoms with Gasteiger partial charge in [0, 0.05) is 67.6 Å². The molecule has 3 aromatic carbocycles. The number of pyridine rings is 1. The second-order valence-corrected chi connectivity index (χ2v) is 15.1. The zero-order valence-electron chi connectivity index (χ0n) is 32.7. The maximum absolute atomic E-state index is 13.4. The molecule has 2 fully saturated rings. The fraction of sp³-hybridized carbons (Fsp3) is 0.286. The number of anilines is 2. The third-order valence-corrected chi connectivity index (χ3v) is 11.0. The van der Waals surface area contributed by atoms with E-state index in [0.717, 1.165) is 0 Å². The van der Waals surface area contributed by atoms with E-state index in [1.165, 1.54) is 21.7 Å². The van der Waals surface area contributed by atoms with E-state index in [4.69, 9.17) is 4.74 Å². The predicted octanol–water partition coefficient (Wildman–Crippen LogP) is 3.63. The number of rotatable bonds is 9. The first kappa shape index (κ1) is 39.3. The molecule has 5 heterocycles. The standard InChI is InChI=1S/C42H41N9O9/c1-23(2)28-18-29(34(53)19-33(28)52)37-46-47-41(58)51(37)26-10-12-35(43-20-26)48-14-16-49(17-15-48)39(56)25-8-6-24(7-9-25)22-60-42(59)44-31-5-3-4-27-30(31)21-50(40(27)57)32-11-13-36(54)45-38(32)55/h3-10,12,18-20,23,32,52-53H,11,13-17,21-22H2,1-2H3,(H,44,59)(H,47,58)(H,45,54,55). The van der Waals surface area contributed by atoms with E-state index < -0.39 is 23.7 Å². The molecule has 0 spiro atoms. The SMILES string of the molecule is CC(C)c1cc(-c2n[nH]c(=O)n2-c2ccc(N3CCN(C(=O)c4ccc(COC(=O)Nc5cccc6c5CN(C5CCC(=O)NC5=O)C6=O)cc4)CC3)nc2)c(O)cc1O. The molecule has 18 heteroatoms. The van der Waals surface area contributed by atoms with E-state index in [9.17, 15) is 39.0 Å². The van der Waals surface area contributed by atoms with E-state index in [-0.39, 0.29) is 72.5 Å². The Morgan fingerprint density at radius 2 is 1.70 bits per heavy atom. The minimum atomic E-state index is -0.779. The van der Waals surface area contributed by atoms with Crippen LogP contribution in [-0.2, 0) is 27.5 Å². The average Bonchev–Trinajstić information content (AvgIpc) is 3.79. The Morgan fingerprint density at radius 1 is 0.933 bits per heavy atom. The van der Waals surface area contributed by atoms with E-state index in [1.54, 1.807) is 65.6 Å². The summed E-state index contributed by atoms with van der Waals surface area (Å²) < 4.78 is 6.75. The summed E-state index contributed by atoms with van der Waals surface area (Å²) in [4.78, 5) is 86.0. The lowest BCUT2D eigenvalue weighted by atomic mass is 9.98. The lowest BCUT2D eigenvalue weighted by molar-refractivity contribution is -0.136. The van der Waals surface area contributed by atoms with Crippen molar-refractivity contribution in [2.75, 3.05) is 36.4 Å². The number of H-pyrrole nitrogens is 1. The van der Waals surface area contributed by atoms with Crippen LogP contribution in [0.15, 0.2) is 77.7 Å². The van der Waals surface area contributed by atoms with Gasteiger partial charge in [-0.1, -0.05) is 32.0 Å². The summed E-state index contributed by atoms with van der Waals surface area (Å²) >= 11 is 0. The van der Waals surface area contributed by atoms with Gasteiger partial charge in [-0.2, -0.15) is 5.10 Å². The zero-order valence-corrected chi connectivity index (χ0v) is 32.7. The van der Waals surface area contributed by atoms with Gasteiger partial charge in [-0.3, -0.25) is 29.8 Å². The van der Waals surface area contributed by atoms with Crippen LogP contribution in [0.2, 0.25) is 0 Å². The van der Waals surface area contributed by atoms with Gasteiger partial charge in [0.2, 0.25) is 11.8 Å². The molecule has 18 nitrogen and oxygen atoms in total. The molecule has 0 radical (unpaired) electrons. The summed E-state index contributed by atoms with van der Waals surface area (Å²) in [6.07, 6.45) is 1.16. The number of ether oxygens (including phenoxy) is 1. The summed E-state index contributed by atoms with van der Waals surface area (Å²) in [6, 6.07) is 17.2. The van der Waals surface area contributed by atoms with Crippen LogP contribution in [0.1, 0.15) is 70.0 Å². The van der Waals surface area contributed by atoms with Crippen molar-refractivity contribution in [1.29, 1.82) is 0 Å². The number of fused-ring (bicyclic) bond motifs is 1. The number of amides is 5. The van der Waals surface area contributed by atoms with Crippen LogP contribution in [0.25, 0.3) is 17.1 Å². The Bertz CT molecular complexity index is 2580. The van der Waals surface area contributed by atoms with Crippen molar-refractivity contribution < 1.29 is 38.9 Å². The van der Waals surface area contributed by atoms with Crippen molar-refractivity contribution >= 4 is 41.2 Å². The van der Waals surface area contributed by atoms with E-state index >= 15 is 0 Å². The minimum Gasteiger partial charge on any atom is -0.508 e. The number of phenolic OH excluding ortho intramolecular Hbond substituents is 2. The van der Waals surface area contributed by atoms with Gasteiger partial charge in [0.15, 0.2) is 5.82 Å². The number of phenols is 2. The third-order valence-electron chi connectivity index (χ3n) is 11.0. The van der Waals surface area contributed by atoms with Crippen molar-refractivity contribution in [3.8, 4) is 28.6 Å². The zero-order chi connectivity index (χ0) is 42.2. The number of hydrogen-bond donors (Lipinski definition) is 5. The first-order valence-corrected chi connectivity index (χ1v) is 19.4. The molecular formula is C42H41N9O9. The molecular weight excluding hydrogens is 775 g/mol. The number of aromatic nitrogens is 4. The predicted molar refractivity (Wildman–Crippen MR) is 216 cm³/mol. The molecule has 5 amide bonds. The van der Waals surface area contributed by atoms with Gasteiger partial charge in [-0.25, -0.2) is 24.2 Å². The van der Waals surface area contributed by atoms with Crippen LogP contribution in [0.4, 0.5) is 16.3 Å². The van der Waals surface area contributed by atoms with Gasteiger partial charge in [0.05, 0.1) is 17.4 Å². The van der Waals surface area contributed by atoms with Crippen LogP contribution in [-0.4, -0.2) is 102 Å². The molecule has 3 aliphatic heterocycles. The van der Waals surface area contributed by atoms with Crippen LogP contribution in [0, 0.1) is 0 Å². The van der Waals surface area contributed by atoms with Gasteiger partial charge < -0.3 is 29.6 Å². The van der Waals surface area contributed by atoms with Crippen molar-refractivity contribution in [1.82, 2.24) is 34.9 Å². The Kier molecular flexibility index (Phi) is 10.5. The van der Waals surface area contributed by atoms with Crippen LogP contribution in [0.3, 0.4) is 0 Å². The van der Waals surface area contributed by atoms with Crippen molar-refractivity contribution in [3.05, 3.63) is 111 Å². The fourth-order valence-electron chi connectivity index (χ4n) is 7.71. The van der Waals surface area contributed by atoms with Crippen molar-refractivity contribution in [2.24, 2.45) is 0 Å². The molecule has 0 bridgehead atoms. The van der Waals surface area contributed by atoms with E-state index in [2.05, 4.69) is 25.8 Å². The Hall–Kier alpha value is -7.50. The number of piperazine rings is 1. The normalized spacial score (nSPS) is 16.6. The number of nitrogens with one attached hydrogen (secondary N) is 3. The maximum atomic E-state index is 13.4. The monoisotopic (exact) mass is 815 g/mol. The number of aromatic amines is 1. The Balaban J connectivity index is 0.836. The molecule has 0 saturated carbocycles. The van der Waals surface area contributed by atoms with E-state index in [0.29, 0.717) is 71.2 Å². The topological polar surface area (TPSA) is 232 Å². The highest BCUT2D eigenvalue weighted by molar-refractivity contribution is 6.06. The highest BCUT2D eigenvalue weighted by Crippen LogP contribution is 2.37. The molecule has 308 valence electrons. The van der Waals surface area contributed by atoms with Crippen LogP contribution in [0.5, 0.6) is 11.5 Å². The largest absolute Gasteiger partial charge is 0.508 e. The highest BCUT2D eigenvalue weighted by Gasteiger charge is 2.40. The van der Waals surface area contributed by atoms with Gasteiger partial charge in [0.1, 0.15) is 30.0 Å². The second kappa shape index (κ2) is 16.0. The lowest BCUT2D eigenvalue weighted by Crippen LogP contribution is -2.52. The smallest absolute Gasteiger partial charge is 0.411 e. The van der Waals surface area contributed by atoms with Crippen molar-refractivity contribution in [2.45, 2.75) is 51.8 Å². The van der Waals surface area contributed by atoms with Crippen molar-refractivity contribution in [3.63, 3.8) is 0 Å². The molecule has 2 saturated heterocycles. The van der Waals surface area contributed by atoms with E-state index in [1.807, 2.05) is 18.7 Å². The fourth-order valence-corrected chi connectivity index (χ4v) is 7.71. The summed E-state index contributed by atoms with van der Waals surface area (Å²) in [6.45, 7) is 5.75. The number of carbonyl (C=O) groups excluding carboxylic acids is 5. The Morgan fingerprint density at radius 3 is 2.40 bits per heavy atom. The molecule has 8 rings (SSSR count). The Labute approximate surface area is 342 Å². The number of imide groups is 1. The minimum absolute atomic E-state index is 0.0430. The number of benzene rings is 3. The van der Waals surface area contributed by atoms with Gasteiger partial charge in [0.25, 0.3) is 11.8 Å². The average molecular weight is 816 g/mol. The van der Waals surface area contributed by atoms with Gasteiger partial charge in [-0.15, -0.1) is 0 Å². The molecule has 2 aromatic heterocycles. The van der Waals surface area contributed by atoms with Gasteiger partial charge in [-0.05, 0) is 65.9 Å². The summed E-state index contributed by atoms with van der Waals surface area (Å²) in [5, 5.41) is 32.5. The quantitative estimate of drug-likeness (QED) is 0.134. The molecule has 60 heavy (non-hydrogen) atoms. The third kappa shape index (κ3) is 7.61. The molecule has 5 aromatic rings. The molecule has 5 N–H and O–H groups in total. The summed E-state index contributed by atoms with van der Waals surface area (Å²) in [5.41, 5.74) is 3.20. The van der Waals surface area contributed by atoms with Crippen LogP contribution >= 0.6 is 0 Å². The maximum Gasteiger partial charge on any atom is 0.411 e. The number of nitrogens with zero attached hydrogens (tertiary/aromatic N) is 6. The first-order valence-electron chi connectivity index (χ1n) is 19.4. The summed E-state index contributed by atoms with van der Waals surface area (Å²) in [7, 11) is 0. The summed E-state index contributed by atoms with van der Waals surface area (Å²) in [5.74, 6) is -0.888. The molecule has 1 atom stereocenters. The molecule has 3 aliphatic rings. The molecule has 1 unspecified atom stereocenters. The number of hydrogen-bond acceptors (Lipinski definition) is 12. The second-order valence-electron chi connectivity index (χ2n) is 15.1. The number of piperidine rings is 1. The van der Waals surface area contributed by atoms with Crippen LogP contribution < -0.4 is 21.2 Å². The highest BCUT2D eigenvalue weighted by atomic mass is 16.5. The molecule has 0 aliphatic carbocycles. The number of carbonyl (C=O) groups is 5. The number of aromatic hydroxyl groups is 2.